The standard InChI is InChI=1S/C19H25N3O2/c1-4-8-22(9-5-2)19(24)16-10-15-7-6-14(13(3)23)11-17(15)21-18(20)12-16/h6-7,10-11H,4-5,8-9,12H2,1-3H3,(H2,20,21). The molecule has 0 atom stereocenters. The fourth-order valence-corrected chi connectivity index (χ4v) is 2.80. The Kier molecular flexibility index (Phi) is 5.90. The number of hydrogen-bond donors (Lipinski definition) is 1. The van der Waals surface area contributed by atoms with Gasteiger partial charge in [-0.05, 0) is 31.9 Å². The van der Waals surface area contributed by atoms with Crippen LogP contribution in [0.15, 0.2) is 28.8 Å². The first-order valence-electron chi connectivity index (χ1n) is 8.44. The van der Waals surface area contributed by atoms with Gasteiger partial charge in [0.05, 0.1) is 5.69 Å². The zero-order valence-corrected chi connectivity index (χ0v) is 14.6. The van der Waals surface area contributed by atoms with Crippen LogP contribution in [0.4, 0.5) is 5.69 Å². The highest BCUT2D eigenvalue weighted by Crippen LogP contribution is 2.28. The van der Waals surface area contributed by atoms with E-state index >= 15 is 0 Å². The lowest BCUT2D eigenvalue weighted by Crippen LogP contribution is -2.34. The molecule has 1 heterocycles. The molecule has 0 fully saturated rings. The summed E-state index contributed by atoms with van der Waals surface area (Å²) in [5.74, 6) is 0.385. The second-order valence-electron chi connectivity index (χ2n) is 6.07. The summed E-state index contributed by atoms with van der Waals surface area (Å²) in [4.78, 5) is 30.7. The number of carbonyl (C=O) groups is 2. The summed E-state index contributed by atoms with van der Waals surface area (Å²) in [5, 5.41) is 0. The molecule has 128 valence electrons. The zero-order valence-electron chi connectivity index (χ0n) is 14.6. The van der Waals surface area contributed by atoms with Gasteiger partial charge in [-0.3, -0.25) is 9.59 Å². The van der Waals surface area contributed by atoms with Crippen LogP contribution in [0.25, 0.3) is 6.08 Å². The number of amidine groups is 1. The highest BCUT2D eigenvalue weighted by molar-refractivity contribution is 6.06. The predicted molar refractivity (Wildman–Crippen MR) is 97.5 cm³/mol. The van der Waals surface area contributed by atoms with Crippen molar-refractivity contribution in [3.05, 3.63) is 34.9 Å². The number of aliphatic imine (C=N–C) groups is 1. The van der Waals surface area contributed by atoms with Crippen molar-refractivity contribution in [3.63, 3.8) is 0 Å². The molecule has 0 bridgehead atoms. The van der Waals surface area contributed by atoms with Crippen molar-refractivity contribution in [1.29, 1.82) is 0 Å². The van der Waals surface area contributed by atoms with Gasteiger partial charge in [0.25, 0.3) is 0 Å². The molecule has 24 heavy (non-hydrogen) atoms. The molecular formula is C19H25N3O2. The van der Waals surface area contributed by atoms with Crippen molar-refractivity contribution < 1.29 is 9.59 Å². The molecule has 0 spiro atoms. The van der Waals surface area contributed by atoms with Gasteiger partial charge < -0.3 is 10.6 Å². The van der Waals surface area contributed by atoms with E-state index in [1.54, 1.807) is 12.1 Å². The van der Waals surface area contributed by atoms with E-state index in [2.05, 4.69) is 18.8 Å². The lowest BCUT2D eigenvalue weighted by atomic mass is 10.0. The molecular weight excluding hydrogens is 302 g/mol. The number of nitrogens with two attached hydrogens (primary N) is 1. The molecule has 5 nitrogen and oxygen atoms in total. The number of Topliss-reactive ketones (excluding diaryl/α,β-unsaturated/α-hetero) is 1. The van der Waals surface area contributed by atoms with E-state index in [1.807, 2.05) is 17.0 Å². The monoisotopic (exact) mass is 327 g/mol. The Morgan fingerprint density at radius 1 is 1.21 bits per heavy atom. The minimum Gasteiger partial charge on any atom is -0.387 e. The van der Waals surface area contributed by atoms with Gasteiger partial charge in [-0.1, -0.05) is 26.0 Å². The Hall–Kier alpha value is -2.43. The van der Waals surface area contributed by atoms with Crippen molar-refractivity contribution in [3.8, 4) is 0 Å². The van der Waals surface area contributed by atoms with Crippen molar-refractivity contribution in [2.75, 3.05) is 13.1 Å². The minimum atomic E-state index is -0.0202. The summed E-state index contributed by atoms with van der Waals surface area (Å²) < 4.78 is 0. The number of ketones is 1. The van der Waals surface area contributed by atoms with Crippen molar-refractivity contribution in [2.24, 2.45) is 10.7 Å². The van der Waals surface area contributed by atoms with Crippen molar-refractivity contribution in [1.82, 2.24) is 4.90 Å². The van der Waals surface area contributed by atoms with E-state index in [-0.39, 0.29) is 11.7 Å². The molecule has 5 heteroatoms. The Morgan fingerprint density at radius 3 is 2.46 bits per heavy atom. The van der Waals surface area contributed by atoms with Crippen LogP contribution in [0, 0.1) is 0 Å². The second kappa shape index (κ2) is 7.90. The molecule has 1 aliphatic rings. The lowest BCUT2D eigenvalue weighted by Gasteiger charge is -2.22. The number of carbonyl (C=O) groups excluding carboxylic acids is 2. The SMILES string of the molecule is CCCN(CCC)C(=O)C1=Cc2ccc(C(C)=O)cc2N=C(N)C1. The van der Waals surface area contributed by atoms with Crippen LogP contribution >= 0.6 is 0 Å². The van der Waals surface area contributed by atoms with Crippen LogP contribution in [0.2, 0.25) is 0 Å². The van der Waals surface area contributed by atoms with Crippen LogP contribution in [0.1, 0.15) is 56.0 Å². The second-order valence-corrected chi connectivity index (χ2v) is 6.07. The summed E-state index contributed by atoms with van der Waals surface area (Å²) in [6.45, 7) is 7.11. The van der Waals surface area contributed by atoms with Gasteiger partial charge in [0.2, 0.25) is 5.91 Å². The number of benzene rings is 1. The summed E-state index contributed by atoms with van der Waals surface area (Å²) in [6.07, 6.45) is 4.01. The van der Waals surface area contributed by atoms with E-state index < -0.39 is 0 Å². The predicted octanol–water partition coefficient (Wildman–Crippen LogP) is 3.31. The summed E-state index contributed by atoms with van der Waals surface area (Å²) in [7, 11) is 0. The normalized spacial score (nSPS) is 13.5. The van der Waals surface area contributed by atoms with Gasteiger partial charge in [-0.2, -0.15) is 0 Å². The maximum atomic E-state index is 12.9. The maximum absolute atomic E-state index is 12.9. The number of nitrogens with zero attached hydrogens (tertiary/aromatic N) is 2. The minimum absolute atomic E-state index is 0.0142. The highest BCUT2D eigenvalue weighted by atomic mass is 16.2. The molecule has 2 N–H and O–H groups in total. The third-order valence-corrected chi connectivity index (χ3v) is 3.95. The van der Waals surface area contributed by atoms with E-state index in [0.29, 0.717) is 29.1 Å². The molecule has 1 aromatic rings. The molecule has 1 aliphatic heterocycles. The van der Waals surface area contributed by atoms with Crippen LogP contribution in [-0.4, -0.2) is 35.5 Å². The fraction of sp³-hybridized carbons (Fsp3) is 0.421. The van der Waals surface area contributed by atoms with Gasteiger partial charge in [-0.25, -0.2) is 4.99 Å². The Balaban J connectivity index is 2.40. The lowest BCUT2D eigenvalue weighted by molar-refractivity contribution is -0.127. The molecule has 0 saturated heterocycles. The molecule has 0 aromatic heterocycles. The van der Waals surface area contributed by atoms with Gasteiger partial charge in [0.15, 0.2) is 5.78 Å². The summed E-state index contributed by atoms with van der Waals surface area (Å²) in [5.41, 5.74) is 8.70. The molecule has 1 amide bonds. The number of amides is 1. The van der Waals surface area contributed by atoms with Gasteiger partial charge in [0, 0.05) is 36.2 Å². The first-order chi connectivity index (χ1) is 11.5. The maximum Gasteiger partial charge on any atom is 0.250 e. The van der Waals surface area contributed by atoms with Crippen molar-refractivity contribution >= 4 is 29.3 Å². The molecule has 1 aromatic carbocycles. The van der Waals surface area contributed by atoms with E-state index in [9.17, 15) is 9.59 Å². The quantitative estimate of drug-likeness (QED) is 0.814. The molecule has 0 saturated carbocycles. The van der Waals surface area contributed by atoms with E-state index in [0.717, 1.165) is 31.5 Å². The third-order valence-electron chi connectivity index (χ3n) is 3.95. The van der Waals surface area contributed by atoms with E-state index in [4.69, 9.17) is 5.73 Å². The van der Waals surface area contributed by atoms with Crippen LogP contribution in [-0.2, 0) is 4.79 Å². The Morgan fingerprint density at radius 2 is 1.88 bits per heavy atom. The van der Waals surface area contributed by atoms with Gasteiger partial charge in [0.1, 0.15) is 5.84 Å². The Bertz CT molecular complexity index is 699. The fourth-order valence-electron chi connectivity index (χ4n) is 2.80. The number of fused-ring (bicyclic) bond motifs is 1. The summed E-state index contributed by atoms with van der Waals surface area (Å²) >= 11 is 0. The van der Waals surface area contributed by atoms with Crippen LogP contribution < -0.4 is 5.73 Å². The number of hydrogen-bond acceptors (Lipinski definition) is 4. The average Bonchev–Trinajstić information content (AvgIpc) is 2.71. The number of rotatable bonds is 6. The molecule has 0 aliphatic carbocycles. The van der Waals surface area contributed by atoms with Crippen molar-refractivity contribution in [2.45, 2.75) is 40.0 Å². The third kappa shape index (κ3) is 4.10. The summed E-state index contributed by atoms with van der Waals surface area (Å²) in [6, 6.07) is 5.31. The van der Waals surface area contributed by atoms with E-state index in [1.165, 1.54) is 6.92 Å². The topological polar surface area (TPSA) is 75.8 Å². The molecule has 0 radical (unpaired) electrons. The van der Waals surface area contributed by atoms with Crippen LogP contribution in [0.3, 0.4) is 0 Å². The van der Waals surface area contributed by atoms with Gasteiger partial charge >= 0.3 is 0 Å². The largest absolute Gasteiger partial charge is 0.387 e. The smallest absolute Gasteiger partial charge is 0.250 e. The van der Waals surface area contributed by atoms with Gasteiger partial charge in [-0.15, -0.1) is 0 Å². The molecule has 0 unspecified atom stereocenters. The first-order valence-corrected chi connectivity index (χ1v) is 8.44. The Labute approximate surface area is 143 Å². The molecule has 2 rings (SSSR count). The average molecular weight is 327 g/mol. The zero-order chi connectivity index (χ0) is 17.7. The van der Waals surface area contributed by atoms with Crippen LogP contribution in [0.5, 0.6) is 0 Å². The first kappa shape index (κ1) is 17.9. The highest BCUT2D eigenvalue weighted by Gasteiger charge is 2.21.